The summed E-state index contributed by atoms with van der Waals surface area (Å²) in [5.41, 5.74) is 2.74. The van der Waals surface area contributed by atoms with Gasteiger partial charge >= 0.3 is 5.97 Å². The average molecular weight is 277 g/mol. The minimum absolute atomic E-state index is 0.279. The predicted molar refractivity (Wildman–Crippen MR) is 83.5 cm³/mol. The summed E-state index contributed by atoms with van der Waals surface area (Å²) in [6.45, 7) is 1.92. The molecule has 0 aliphatic carbocycles. The molecule has 0 unspecified atom stereocenters. The Bertz CT molecular complexity index is 819. The molecule has 104 valence electrons. The Hall–Kier alpha value is -2.68. The van der Waals surface area contributed by atoms with Crippen molar-refractivity contribution in [3.63, 3.8) is 0 Å². The molecule has 1 aromatic heterocycles. The van der Waals surface area contributed by atoms with Gasteiger partial charge in [-0.05, 0) is 29.3 Å². The highest BCUT2D eigenvalue weighted by molar-refractivity contribution is 5.96. The molecular formula is C18H15NO2. The summed E-state index contributed by atoms with van der Waals surface area (Å²) < 4.78 is 0. The fourth-order valence-corrected chi connectivity index (χ4v) is 2.56. The van der Waals surface area contributed by atoms with Crippen molar-refractivity contribution in [2.24, 2.45) is 0 Å². The minimum Gasteiger partial charge on any atom is -0.478 e. The number of pyridine rings is 1. The van der Waals surface area contributed by atoms with Gasteiger partial charge in [-0.3, -0.25) is 4.98 Å². The van der Waals surface area contributed by atoms with E-state index in [2.05, 4.69) is 23.2 Å². The Balaban J connectivity index is 2.21. The third-order valence-electron chi connectivity index (χ3n) is 3.61. The molecule has 0 fully saturated rings. The van der Waals surface area contributed by atoms with Crippen molar-refractivity contribution in [3.05, 3.63) is 65.9 Å². The molecular weight excluding hydrogens is 262 g/mol. The van der Waals surface area contributed by atoms with E-state index in [-0.39, 0.29) is 5.56 Å². The molecule has 21 heavy (non-hydrogen) atoms. The molecule has 3 heteroatoms. The van der Waals surface area contributed by atoms with E-state index in [0.29, 0.717) is 12.1 Å². The number of nitrogens with zero attached hydrogens (tertiary/aromatic N) is 1. The van der Waals surface area contributed by atoms with Gasteiger partial charge in [0.15, 0.2) is 0 Å². The molecule has 0 radical (unpaired) electrons. The van der Waals surface area contributed by atoms with Crippen LogP contribution in [0.5, 0.6) is 0 Å². The molecule has 3 nitrogen and oxygen atoms in total. The monoisotopic (exact) mass is 277 g/mol. The maximum Gasteiger partial charge on any atom is 0.337 e. The van der Waals surface area contributed by atoms with Crippen LogP contribution in [0.4, 0.5) is 0 Å². The normalized spacial score (nSPS) is 10.7. The van der Waals surface area contributed by atoms with Gasteiger partial charge in [0.1, 0.15) is 0 Å². The molecule has 0 aliphatic heterocycles. The smallest absolute Gasteiger partial charge is 0.337 e. The first-order chi connectivity index (χ1) is 10.2. The summed E-state index contributed by atoms with van der Waals surface area (Å²) in [4.78, 5) is 15.8. The summed E-state index contributed by atoms with van der Waals surface area (Å²) >= 11 is 0. The molecule has 0 amide bonds. The number of hydrogen-bond acceptors (Lipinski definition) is 2. The highest BCUT2D eigenvalue weighted by atomic mass is 16.4. The SMILES string of the molecule is CCc1nc(-c2cccc3ccccc23)ccc1C(=O)O. The quantitative estimate of drug-likeness (QED) is 0.782. The van der Waals surface area contributed by atoms with Crippen molar-refractivity contribution >= 4 is 16.7 Å². The van der Waals surface area contributed by atoms with E-state index < -0.39 is 5.97 Å². The molecule has 0 saturated carbocycles. The van der Waals surface area contributed by atoms with Crippen LogP contribution in [0.1, 0.15) is 23.0 Å². The zero-order valence-electron chi connectivity index (χ0n) is 11.7. The van der Waals surface area contributed by atoms with Gasteiger partial charge < -0.3 is 5.11 Å². The number of carbonyl (C=O) groups is 1. The van der Waals surface area contributed by atoms with Gasteiger partial charge in [0.2, 0.25) is 0 Å². The number of rotatable bonds is 3. The Morgan fingerprint density at radius 3 is 2.57 bits per heavy atom. The largest absolute Gasteiger partial charge is 0.478 e. The van der Waals surface area contributed by atoms with E-state index in [9.17, 15) is 9.90 Å². The van der Waals surface area contributed by atoms with E-state index in [1.54, 1.807) is 12.1 Å². The highest BCUT2D eigenvalue weighted by Crippen LogP contribution is 2.28. The van der Waals surface area contributed by atoms with Crippen molar-refractivity contribution in [2.45, 2.75) is 13.3 Å². The zero-order valence-corrected chi connectivity index (χ0v) is 11.7. The minimum atomic E-state index is -0.927. The standard InChI is InChI=1S/C18H15NO2/c1-2-16-15(18(20)21)10-11-17(19-16)14-9-5-7-12-6-3-4-8-13(12)14/h3-11H,2H2,1H3,(H,20,21). The number of aromatic carboxylic acids is 1. The number of fused-ring (bicyclic) bond motifs is 1. The predicted octanol–water partition coefficient (Wildman–Crippen LogP) is 4.16. The first-order valence-electron chi connectivity index (χ1n) is 6.92. The van der Waals surface area contributed by atoms with Crippen molar-refractivity contribution in [1.82, 2.24) is 4.98 Å². The second-order valence-electron chi connectivity index (χ2n) is 4.88. The van der Waals surface area contributed by atoms with Crippen LogP contribution in [0, 0.1) is 0 Å². The number of benzene rings is 2. The summed E-state index contributed by atoms with van der Waals surface area (Å²) in [5.74, 6) is -0.927. The Morgan fingerprint density at radius 2 is 1.81 bits per heavy atom. The van der Waals surface area contributed by atoms with Gasteiger partial charge in [-0.25, -0.2) is 4.79 Å². The number of carboxylic acids is 1. The first kappa shape index (κ1) is 13.3. The fraction of sp³-hybridized carbons (Fsp3) is 0.111. The zero-order chi connectivity index (χ0) is 14.8. The second-order valence-corrected chi connectivity index (χ2v) is 4.88. The summed E-state index contributed by atoms with van der Waals surface area (Å²) in [5, 5.41) is 11.5. The van der Waals surface area contributed by atoms with Crippen LogP contribution in [0.25, 0.3) is 22.0 Å². The number of aryl methyl sites for hydroxylation is 1. The first-order valence-corrected chi connectivity index (χ1v) is 6.92. The maximum atomic E-state index is 11.2. The van der Waals surface area contributed by atoms with E-state index in [1.807, 2.05) is 31.2 Å². The molecule has 0 aliphatic rings. The van der Waals surface area contributed by atoms with Crippen LogP contribution in [0.3, 0.4) is 0 Å². The molecule has 1 heterocycles. The Kier molecular flexibility index (Phi) is 3.40. The van der Waals surface area contributed by atoms with Gasteiger partial charge in [-0.1, -0.05) is 49.4 Å². The van der Waals surface area contributed by atoms with Crippen LogP contribution in [-0.2, 0) is 6.42 Å². The lowest BCUT2D eigenvalue weighted by molar-refractivity contribution is 0.0695. The van der Waals surface area contributed by atoms with Gasteiger partial charge in [-0.15, -0.1) is 0 Å². The Morgan fingerprint density at radius 1 is 1.05 bits per heavy atom. The van der Waals surface area contributed by atoms with Crippen LogP contribution >= 0.6 is 0 Å². The lowest BCUT2D eigenvalue weighted by Gasteiger charge is -2.09. The van der Waals surface area contributed by atoms with E-state index in [0.717, 1.165) is 22.0 Å². The molecule has 0 saturated heterocycles. The van der Waals surface area contributed by atoms with E-state index in [4.69, 9.17) is 0 Å². The average Bonchev–Trinajstić information content (AvgIpc) is 2.53. The van der Waals surface area contributed by atoms with Crippen LogP contribution < -0.4 is 0 Å². The highest BCUT2D eigenvalue weighted by Gasteiger charge is 2.12. The molecule has 0 atom stereocenters. The van der Waals surface area contributed by atoms with Crippen molar-refractivity contribution in [2.75, 3.05) is 0 Å². The lowest BCUT2D eigenvalue weighted by Crippen LogP contribution is -2.04. The summed E-state index contributed by atoms with van der Waals surface area (Å²) in [6.07, 6.45) is 0.597. The molecule has 1 N–H and O–H groups in total. The van der Waals surface area contributed by atoms with Gasteiger partial charge in [0, 0.05) is 5.56 Å². The third-order valence-corrected chi connectivity index (χ3v) is 3.61. The molecule has 3 aromatic rings. The van der Waals surface area contributed by atoms with Crippen molar-refractivity contribution in [1.29, 1.82) is 0 Å². The van der Waals surface area contributed by atoms with E-state index in [1.165, 1.54) is 0 Å². The van der Waals surface area contributed by atoms with Gasteiger partial charge in [-0.2, -0.15) is 0 Å². The van der Waals surface area contributed by atoms with E-state index >= 15 is 0 Å². The number of aromatic nitrogens is 1. The number of hydrogen-bond donors (Lipinski definition) is 1. The molecule has 0 spiro atoms. The van der Waals surface area contributed by atoms with Gasteiger partial charge in [0.25, 0.3) is 0 Å². The molecule has 0 bridgehead atoms. The van der Waals surface area contributed by atoms with Gasteiger partial charge in [0.05, 0.1) is 17.0 Å². The molecule has 2 aromatic carbocycles. The summed E-state index contributed by atoms with van der Waals surface area (Å²) in [6, 6.07) is 17.6. The summed E-state index contributed by atoms with van der Waals surface area (Å²) in [7, 11) is 0. The van der Waals surface area contributed by atoms with Crippen LogP contribution in [-0.4, -0.2) is 16.1 Å². The maximum absolute atomic E-state index is 11.2. The molecule has 3 rings (SSSR count). The lowest BCUT2D eigenvalue weighted by atomic mass is 10.0. The van der Waals surface area contributed by atoms with Crippen molar-refractivity contribution < 1.29 is 9.90 Å². The number of carboxylic acid groups (broad SMARTS) is 1. The van der Waals surface area contributed by atoms with Crippen LogP contribution in [0.2, 0.25) is 0 Å². The fourth-order valence-electron chi connectivity index (χ4n) is 2.56. The Labute approximate surface area is 122 Å². The van der Waals surface area contributed by atoms with Crippen LogP contribution in [0.15, 0.2) is 54.6 Å². The van der Waals surface area contributed by atoms with Crippen molar-refractivity contribution in [3.8, 4) is 11.3 Å². The second kappa shape index (κ2) is 5.37. The third kappa shape index (κ3) is 2.38. The topological polar surface area (TPSA) is 50.2 Å².